The van der Waals surface area contributed by atoms with E-state index in [-0.39, 0.29) is 0 Å². The molecule has 0 heterocycles. The zero-order chi connectivity index (χ0) is 11.6. The average Bonchev–Trinajstić information content (AvgIpc) is 2.32. The Kier molecular flexibility index (Phi) is 4.61. The predicted octanol–water partition coefficient (Wildman–Crippen LogP) is 1.35. The topological polar surface area (TPSA) is 90.8 Å². The van der Waals surface area contributed by atoms with Gasteiger partial charge in [-0.3, -0.25) is 9.68 Å². The molecule has 0 aliphatic rings. The lowest BCUT2D eigenvalue weighted by Crippen LogP contribution is -1.85. The second-order valence-electron chi connectivity index (χ2n) is 2.50. The number of hydrogen-bond acceptors (Lipinski definition) is 6. The van der Waals surface area contributed by atoms with Gasteiger partial charge in [0.25, 0.3) is 0 Å². The normalized spacial score (nSPS) is 9.88. The van der Waals surface area contributed by atoms with Crippen LogP contribution in [0.5, 0.6) is 0 Å². The highest BCUT2D eigenvalue weighted by molar-refractivity contribution is 5.83. The van der Waals surface area contributed by atoms with Crippen LogP contribution in [-0.4, -0.2) is 12.4 Å². The first-order valence-electron chi connectivity index (χ1n) is 4.14. The zero-order valence-electron chi connectivity index (χ0n) is 8.07. The maximum Gasteiger partial charge on any atom is 0.316 e. The molecule has 0 aliphatic carbocycles. The molecule has 0 fully saturated rings. The van der Waals surface area contributed by atoms with Crippen molar-refractivity contribution in [3.8, 4) is 12.5 Å². The predicted molar refractivity (Wildman–Crippen MR) is 55.0 cm³/mol. The van der Waals surface area contributed by atoms with E-state index in [0.29, 0.717) is 0 Å². The summed E-state index contributed by atoms with van der Waals surface area (Å²) in [6.07, 6.45) is 5.63. The lowest BCUT2D eigenvalue weighted by molar-refractivity contribution is 0.293. The van der Waals surface area contributed by atoms with Gasteiger partial charge in [-0.2, -0.15) is 0 Å². The van der Waals surface area contributed by atoms with Crippen LogP contribution in [0.2, 0.25) is 0 Å². The molecule has 0 amide bonds. The van der Waals surface area contributed by atoms with Crippen molar-refractivity contribution in [1.82, 2.24) is 0 Å². The fraction of sp³-hybridized carbons (Fsp3) is 0. The van der Waals surface area contributed by atoms with E-state index < -0.39 is 0 Å². The summed E-state index contributed by atoms with van der Waals surface area (Å²) in [6, 6.07) is 6.99. The van der Waals surface area contributed by atoms with Gasteiger partial charge in [-0.05, 0) is 11.1 Å². The van der Waals surface area contributed by atoms with Crippen LogP contribution in [-0.2, 0) is 9.68 Å². The molecule has 0 radical (unpaired) electrons. The number of nitriles is 2. The summed E-state index contributed by atoms with van der Waals surface area (Å²) in [4.78, 5) is 8.28. The van der Waals surface area contributed by atoms with E-state index in [1.54, 1.807) is 24.3 Å². The number of oxime groups is 2. The lowest BCUT2D eigenvalue weighted by atomic mass is 10.2. The molecular weight excluding hydrogens is 208 g/mol. The molecule has 1 aromatic carbocycles. The Morgan fingerprint density at radius 3 is 1.56 bits per heavy atom. The van der Waals surface area contributed by atoms with E-state index in [9.17, 15) is 0 Å². The summed E-state index contributed by atoms with van der Waals surface area (Å²) >= 11 is 0. The number of hydrogen-bond donors (Lipinski definition) is 0. The highest BCUT2D eigenvalue weighted by atomic mass is 16.6. The Morgan fingerprint density at radius 1 is 0.875 bits per heavy atom. The van der Waals surface area contributed by atoms with Crippen molar-refractivity contribution in [2.24, 2.45) is 10.3 Å². The molecule has 1 rings (SSSR count). The number of rotatable bonds is 4. The SMILES string of the molecule is N#CO/N=C\c1ccc(/C=N\OC#N)cc1. The van der Waals surface area contributed by atoms with Crippen LogP contribution < -0.4 is 0 Å². The Labute approximate surface area is 91.6 Å². The van der Waals surface area contributed by atoms with Gasteiger partial charge in [0.2, 0.25) is 0 Å². The Morgan fingerprint density at radius 2 is 1.25 bits per heavy atom. The zero-order valence-corrected chi connectivity index (χ0v) is 8.07. The van der Waals surface area contributed by atoms with Crippen LogP contribution in [0.25, 0.3) is 0 Å². The van der Waals surface area contributed by atoms with Crippen LogP contribution in [0.15, 0.2) is 34.6 Å². The van der Waals surface area contributed by atoms with E-state index in [4.69, 9.17) is 10.5 Å². The molecule has 6 nitrogen and oxygen atoms in total. The van der Waals surface area contributed by atoms with Crippen LogP contribution in [0.1, 0.15) is 11.1 Å². The van der Waals surface area contributed by atoms with Gasteiger partial charge in [-0.1, -0.05) is 34.6 Å². The molecule has 0 bridgehead atoms. The molecular formula is C10H6N4O2. The number of nitrogens with zero attached hydrogens (tertiary/aromatic N) is 4. The monoisotopic (exact) mass is 214 g/mol. The summed E-state index contributed by atoms with van der Waals surface area (Å²) in [5.74, 6) is 0. The molecule has 0 N–H and O–H groups in total. The fourth-order valence-electron chi connectivity index (χ4n) is 0.890. The van der Waals surface area contributed by atoms with Crippen molar-refractivity contribution in [1.29, 1.82) is 10.5 Å². The molecule has 0 saturated heterocycles. The Bertz CT molecular complexity index is 420. The van der Waals surface area contributed by atoms with E-state index in [1.165, 1.54) is 24.9 Å². The molecule has 0 saturated carbocycles. The highest BCUT2D eigenvalue weighted by Crippen LogP contribution is 2.00. The van der Waals surface area contributed by atoms with Gasteiger partial charge >= 0.3 is 12.5 Å². The third kappa shape index (κ3) is 3.90. The van der Waals surface area contributed by atoms with Gasteiger partial charge in [0.1, 0.15) is 0 Å². The first-order valence-corrected chi connectivity index (χ1v) is 4.14. The van der Waals surface area contributed by atoms with E-state index >= 15 is 0 Å². The van der Waals surface area contributed by atoms with Gasteiger partial charge in [0.15, 0.2) is 0 Å². The second-order valence-corrected chi connectivity index (χ2v) is 2.50. The Balaban J connectivity index is 2.62. The van der Waals surface area contributed by atoms with Crippen molar-refractivity contribution in [2.75, 3.05) is 0 Å². The first-order chi connectivity index (χ1) is 7.86. The minimum atomic E-state index is 0.772. The summed E-state index contributed by atoms with van der Waals surface area (Å²) in [5, 5.41) is 22.9. The van der Waals surface area contributed by atoms with Gasteiger partial charge in [0, 0.05) is 0 Å². The minimum Gasteiger partial charge on any atom is -0.276 e. The second kappa shape index (κ2) is 6.57. The van der Waals surface area contributed by atoms with Crippen molar-refractivity contribution in [2.45, 2.75) is 0 Å². The largest absolute Gasteiger partial charge is 0.316 e. The summed E-state index contributed by atoms with van der Waals surface area (Å²) in [5.41, 5.74) is 1.54. The quantitative estimate of drug-likeness (QED) is 0.429. The molecule has 0 unspecified atom stereocenters. The van der Waals surface area contributed by atoms with Gasteiger partial charge in [-0.25, -0.2) is 0 Å². The van der Waals surface area contributed by atoms with Crippen LogP contribution in [0.4, 0.5) is 0 Å². The molecule has 16 heavy (non-hydrogen) atoms. The highest BCUT2D eigenvalue weighted by Gasteiger charge is 1.90. The molecule has 0 aromatic heterocycles. The van der Waals surface area contributed by atoms with Crippen LogP contribution >= 0.6 is 0 Å². The molecule has 78 valence electrons. The summed E-state index contributed by atoms with van der Waals surface area (Å²) < 4.78 is 0. The molecule has 0 aliphatic heterocycles. The molecule has 1 aromatic rings. The third-order valence-electron chi connectivity index (χ3n) is 1.53. The first kappa shape index (κ1) is 11.2. The number of benzene rings is 1. The molecule has 0 spiro atoms. The van der Waals surface area contributed by atoms with Crippen LogP contribution in [0, 0.1) is 23.0 Å². The minimum absolute atomic E-state index is 0.772. The summed E-state index contributed by atoms with van der Waals surface area (Å²) in [6.45, 7) is 0. The average molecular weight is 214 g/mol. The van der Waals surface area contributed by atoms with Gasteiger partial charge in [0.05, 0.1) is 12.4 Å². The van der Waals surface area contributed by atoms with E-state index in [1.807, 2.05) is 0 Å². The molecule has 0 atom stereocenters. The molecule has 6 heteroatoms. The lowest BCUT2D eigenvalue weighted by Gasteiger charge is -1.93. The van der Waals surface area contributed by atoms with E-state index in [2.05, 4.69) is 20.0 Å². The van der Waals surface area contributed by atoms with Crippen molar-refractivity contribution in [3.63, 3.8) is 0 Å². The maximum atomic E-state index is 8.07. The van der Waals surface area contributed by atoms with Crippen LogP contribution in [0.3, 0.4) is 0 Å². The smallest absolute Gasteiger partial charge is 0.276 e. The maximum absolute atomic E-state index is 8.07. The third-order valence-corrected chi connectivity index (χ3v) is 1.53. The summed E-state index contributed by atoms with van der Waals surface area (Å²) in [7, 11) is 0. The van der Waals surface area contributed by atoms with Crippen molar-refractivity contribution in [3.05, 3.63) is 35.4 Å². The van der Waals surface area contributed by atoms with E-state index in [0.717, 1.165) is 11.1 Å². The standard InChI is InChI=1S/C10H6N4O2/c11-7-15-13-5-9-1-2-10(4-3-9)6-14-16-8-12/h1-6H/b13-5-,14-6-. The fourth-order valence-corrected chi connectivity index (χ4v) is 0.890. The van der Waals surface area contributed by atoms with Crippen molar-refractivity contribution < 1.29 is 9.68 Å². The van der Waals surface area contributed by atoms with Gasteiger partial charge in [-0.15, -0.1) is 10.5 Å². The Hall–Kier alpha value is -2.86. The van der Waals surface area contributed by atoms with Gasteiger partial charge < -0.3 is 0 Å². The van der Waals surface area contributed by atoms with Crippen molar-refractivity contribution >= 4 is 12.4 Å².